The molecule has 0 aliphatic heterocycles. The Labute approximate surface area is 130 Å². The predicted octanol–water partition coefficient (Wildman–Crippen LogP) is 1.18. The van der Waals surface area contributed by atoms with Crippen LogP contribution in [-0.4, -0.2) is 28.0 Å². The van der Waals surface area contributed by atoms with Gasteiger partial charge in [-0.05, 0) is 12.8 Å². The van der Waals surface area contributed by atoms with Gasteiger partial charge in [-0.3, -0.25) is 9.59 Å². The highest BCUT2D eigenvalue weighted by molar-refractivity contribution is 7.09. The first-order chi connectivity index (χ1) is 10.7. The second-order valence-corrected chi connectivity index (χ2v) is 6.08. The molecule has 2 heterocycles. The zero-order valence-electron chi connectivity index (χ0n) is 12.1. The fourth-order valence-electron chi connectivity index (χ4n) is 2.02. The quantitative estimate of drug-likeness (QED) is 0.833. The third-order valence-corrected chi connectivity index (χ3v) is 4.13. The highest BCUT2D eigenvalue weighted by Gasteiger charge is 2.27. The van der Waals surface area contributed by atoms with Crippen LogP contribution in [0.4, 0.5) is 0 Å². The Balaban J connectivity index is 1.65. The number of H-pyrrole nitrogens is 1. The lowest BCUT2D eigenvalue weighted by Crippen LogP contribution is -2.26. The van der Waals surface area contributed by atoms with E-state index in [4.69, 9.17) is 4.74 Å². The van der Waals surface area contributed by atoms with E-state index in [2.05, 4.69) is 20.3 Å². The second kappa shape index (κ2) is 6.37. The zero-order chi connectivity index (χ0) is 15.5. The van der Waals surface area contributed by atoms with Gasteiger partial charge in [0.25, 0.3) is 11.5 Å². The van der Waals surface area contributed by atoms with Gasteiger partial charge in [0.1, 0.15) is 16.5 Å². The van der Waals surface area contributed by atoms with E-state index in [1.807, 2.05) is 5.38 Å². The number of thiazole rings is 1. The van der Waals surface area contributed by atoms with E-state index in [1.165, 1.54) is 17.4 Å². The van der Waals surface area contributed by atoms with Crippen molar-refractivity contribution in [3.05, 3.63) is 44.0 Å². The molecule has 8 heteroatoms. The summed E-state index contributed by atoms with van der Waals surface area (Å²) in [5.74, 6) is 0.526. The maximum Gasteiger partial charge on any atom is 0.270 e. The summed E-state index contributed by atoms with van der Waals surface area (Å²) in [5, 5.41) is 5.46. The third kappa shape index (κ3) is 3.58. The molecule has 2 N–H and O–H groups in total. The molecule has 0 saturated heterocycles. The summed E-state index contributed by atoms with van der Waals surface area (Å²) in [7, 11) is 1.61. The Morgan fingerprint density at radius 1 is 1.50 bits per heavy atom. The molecule has 2 aromatic rings. The number of nitrogens with zero attached hydrogens (tertiary/aromatic N) is 2. The number of rotatable bonds is 6. The molecule has 0 radical (unpaired) electrons. The van der Waals surface area contributed by atoms with Gasteiger partial charge in [-0.1, -0.05) is 0 Å². The Bertz CT molecular complexity index is 736. The van der Waals surface area contributed by atoms with Gasteiger partial charge in [0.05, 0.1) is 18.8 Å². The molecule has 1 amide bonds. The van der Waals surface area contributed by atoms with Crippen molar-refractivity contribution in [2.75, 3.05) is 7.11 Å². The number of methoxy groups -OCH3 is 1. The molecule has 0 unspecified atom stereocenters. The monoisotopic (exact) mass is 320 g/mol. The lowest BCUT2D eigenvalue weighted by atomic mass is 10.3. The van der Waals surface area contributed by atoms with E-state index in [1.54, 1.807) is 7.11 Å². The van der Waals surface area contributed by atoms with Crippen LogP contribution in [0, 0.1) is 0 Å². The zero-order valence-corrected chi connectivity index (χ0v) is 12.9. The molecule has 116 valence electrons. The number of ether oxygens (including phenoxy) is 1. The standard InChI is InChI=1S/C14H16N4O3S/c1-21-6-12-16-9(7-22-12)5-15-14(20)10-4-11(19)18-13(17-10)8-2-3-8/h4,7-8H,2-3,5-6H2,1H3,(H,15,20)(H,17,18,19). The van der Waals surface area contributed by atoms with Crippen molar-refractivity contribution in [2.24, 2.45) is 0 Å². The smallest absolute Gasteiger partial charge is 0.270 e. The third-order valence-electron chi connectivity index (χ3n) is 3.25. The van der Waals surface area contributed by atoms with Gasteiger partial charge in [0.15, 0.2) is 0 Å². The van der Waals surface area contributed by atoms with Crippen LogP contribution in [-0.2, 0) is 17.9 Å². The number of hydrogen-bond donors (Lipinski definition) is 2. The average molecular weight is 320 g/mol. The number of amides is 1. The summed E-state index contributed by atoms with van der Waals surface area (Å²) in [5.41, 5.74) is 0.619. The van der Waals surface area contributed by atoms with Crippen LogP contribution in [0.3, 0.4) is 0 Å². The number of hydrogen-bond acceptors (Lipinski definition) is 6. The fourth-order valence-corrected chi connectivity index (χ4v) is 2.79. The average Bonchev–Trinajstić information content (AvgIpc) is 3.26. The van der Waals surface area contributed by atoms with Crippen molar-refractivity contribution < 1.29 is 9.53 Å². The van der Waals surface area contributed by atoms with Crippen molar-refractivity contribution in [2.45, 2.75) is 31.9 Å². The van der Waals surface area contributed by atoms with E-state index in [-0.39, 0.29) is 23.1 Å². The molecule has 1 aliphatic carbocycles. The van der Waals surface area contributed by atoms with Gasteiger partial charge in [-0.15, -0.1) is 11.3 Å². The molecule has 0 spiro atoms. The lowest BCUT2D eigenvalue weighted by molar-refractivity contribution is 0.0945. The fraction of sp³-hybridized carbons (Fsp3) is 0.429. The maximum atomic E-state index is 12.1. The molecule has 0 aromatic carbocycles. The normalized spacial score (nSPS) is 14.0. The molecule has 1 fully saturated rings. The first-order valence-corrected chi connectivity index (χ1v) is 7.85. The van der Waals surface area contributed by atoms with Crippen LogP contribution in [0.5, 0.6) is 0 Å². The predicted molar refractivity (Wildman–Crippen MR) is 80.8 cm³/mol. The molecule has 22 heavy (non-hydrogen) atoms. The topological polar surface area (TPSA) is 97.0 Å². The number of carbonyl (C=O) groups is 1. The Hall–Kier alpha value is -2.06. The highest BCUT2D eigenvalue weighted by atomic mass is 32.1. The molecule has 0 bridgehead atoms. The van der Waals surface area contributed by atoms with Crippen LogP contribution < -0.4 is 10.9 Å². The van der Waals surface area contributed by atoms with Gasteiger partial charge in [0.2, 0.25) is 0 Å². The summed E-state index contributed by atoms with van der Waals surface area (Å²) in [6.07, 6.45) is 2.02. The molecule has 2 aromatic heterocycles. The number of carbonyl (C=O) groups excluding carboxylic acids is 1. The van der Waals surface area contributed by atoms with Crippen LogP contribution in [0.25, 0.3) is 0 Å². The molecule has 0 atom stereocenters. The summed E-state index contributed by atoms with van der Waals surface area (Å²) in [6, 6.07) is 1.22. The van der Waals surface area contributed by atoms with Crippen LogP contribution in [0.2, 0.25) is 0 Å². The molecular weight excluding hydrogens is 304 g/mol. The Morgan fingerprint density at radius 2 is 2.32 bits per heavy atom. The van der Waals surface area contributed by atoms with E-state index in [9.17, 15) is 9.59 Å². The lowest BCUT2D eigenvalue weighted by Gasteiger charge is -2.04. The van der Waals surface area contributed by atoms with Crippen LogP contribution in [0.1, 0.15) is 45.8 Å². The van der Waals surface area contributed by atoms with Crippen molar-refractivity contribution in [1.29, 1.82) is 0 Å². The minimum Gasteiger partial charge on any atom is -0.378 e. The summed E-state index contributed by atoms with van der Waals surface area (Å²) in [6.45, 7) is 0.755. The van der Waals surface area contributed by atoms with Crippen molar-refractivity contribution in [3.63, 3.8) is 0 Å². The highest BCUT2D eigenvalue weighted by Crippen LogP contribution is 2.37. The Morgan fingerprint density at radius 3 is 3.05 bits per heavy atom. The molecular formula is C14H16N4O3S. The van der Waals surface area contributed by atoms with Gasteiger partial charge in [-0.25, -0.2) is 9.97 Å². The van der Waals surface area contributed by atoms with E-state index >= 15 is 0 Å². The number of aromatic amines is 1. The van der Waals surface area contributed by atoms with E-state index in [0.717, 1.165) is 23.5 Å². The number of nitrogens with one attached hydrogen (secondary N) is 2. The van der Waals surface area contributed by atoms with E-state index < -0.39 is 0 Å². The molecule has 1 aliphatic rings. The minimum absolute atomic E-state index is 0.151. The molecule has 1 saturated carbocycles. The summed E-state index contributed by atoms with van der Waals surface area (Å²) >= 11 is 1.48. The Kier molecular flexibility index (Phi) is 4.30. The van der Waals surface area contributed by atoms with Gasteiger partial charge < -0.3 is 15.0 Å². The second-order valence-electron chi connectivity index (χ2n) is 5.14. The van der Waals surface area contributed by atoms with Gasteiger partial charge in [-0.2, -0.15) is 0 Å². The van der Waals surface area contributed by atoms with Crippen molar-refractivity contribution in [3.8, 4) is 0 Å². The minimum atomic E-state index is -0.366. The molecule has 7 nitrogen and oxygen atoms in total. The maximum absolute atomic E-state index is 12.1. The van der Waals surface area contributed by atoms with Crippen molar-refractivity contribution >= 4 is 17.2 Å². The van der Waals surface area contributed by atoms with Crippen LogP contribution >= 0.6 is 11.3 Å². The van der Waals surface area contributed by atoms with Gasteiger partial charge in [0, 0.05) is 24.5 Å². The number of aromatic nitrogens is 3. The molecule has 3 rings (SSSR count). The largest absolute Gasteiger partial charge is 0.378 e. The van der Waals surface area contributed by atoms with Gasteiger partial charge >= 0.3 is 0 Å². The SMILES string of the molecule is COCc1nc(CNC(=O)c2cc(=O)[nH]c(C3CC3)n2)cs1. The van der Waals surface area contributed by atoms with E-state index in [0.29, 0.717) is 19.0 Å². The first-order valence-electron chi connectivity index (χ1n) is 6.97. The first kappa shape index (κ1) is 14.9. The summed E-state index contributed by atoms with van der Waals surface area (Å²) in [4.78, 5) is 35.0. The summed E-state index contributed by atoms with van der Waals surface area (Å²) < 4.78 is 5.00. The van der Waals surface area contributed by atoms with Crippen LogP contribution in [0.15, 0.2) is 16.2 Å². The van der Waals surface area contributed by atoms with Crippen molar-refractivity contribution in [1.82, 2.24) is 20.3 Å².